The van der Waals surface area contributed by atoms with E-state index >= 15 is 0 Å². The standard InChI is InChI=1S/C21H24O/c1-3-16-18-12-8-9-13-19(18)17(4-2)21(20(16)14-22)15-10-6-5-7-11-15/h5-7,10-11,14H,3-4,8-9,12-13H2,1-2H3. The van der Waals surface area contributed by atoms with Gasteiger partial charge < -0.3 is 0 Å². The first kappa shape index (κ1) is 15.0. The van der Waals surface area contributed by atoms with Crippen LogP contribution in [0.5, 0.6) is 0 Å². The Morgan fingerprint density at radius 1 is 0.909 bits per heavy atom. The zero-order chi connectivity index (χ0) is 15.5. The fourth-order valence-corrected chi connectivity index (χ4v) is 4.06. The zero-order valence-corrected chi connectivity index (χ0v) is 13.6. The summed E-state index contributed by atoms with van der Waals surface area (Å²) >= 11 is 0. The maximum Gasteiger partial charge on any atom is 0.150 e. The lowest BCUT2D eigenvalue weighted by Crippen LogP contribution is -2.14. The van der Waals surface area contributed by atoms with Crippen LogP contribution in [0.3, 0.4) is 0 Å². The summed E-state index contributed by atoms with van der Waals surface area (Å²) in [4.78, 5) is 11.9. The number of carbonyl (C=O) groups excluding carboxylic acids is 1. The van der Waals surface area contributed by atoms with Gasteiger partial charge in [0.15, 0.2) is 6.29 Å². The molecular weight excluding hydrogens is 268 g/mol. The summed E-state index contributed by atoms with van der Waals surface area (Å²) in [5.41, 5.74) is 9.02. The molecule has 2 aromatic rings. The highest BCUT2D eigenvalue weighted by Gasteiger charge is 2.24. The van der Waals surface area contributed by atoms with Crippen molar-refractivity contribution in [2.24, 2.45) is 0 Å². The molecule has 1 aliphatic carbocycles. The molecule has 0 N–H and O–H groups in total. The summed E-state index contributed by atoms with van der Waals surface area (Å²) in [6.45, 7) is 4.40. The van der Waals surface area contributed by atoms with Crippen LogP contribution in [0.25, 0.3) is 11.1 Å². The Labute approximate surface area is 133 Å². The van der Waals surface area contributed by atoms with Crippen molar-refractivity contribution in [1.29, 1.82) is 0 Å². The molecule has 0 fully saturated rings. The lowest BCUT2D eigenvalue weighted by molar-refractivity contribution is 0.112. The molecule has 0 radical (unpaired) electrons. The molecule has 0 aromatic heterocycles. The van der Waals surface area contributed by atoms with E-state index in [-0.39, 0.29) is 0 Å². The van der Waals surface area contributed by atoms with Crippen LogP contribution in [0.2, 0.25) is 0 Å². The molecule has 2 aromatic carbocycles. The van der Waals surface area contributed by atoms with Gasteiger partial charge in [0.05, 0.1) is 0 Å². The average molecular weight is 292 g/mol. The molecule has 1 heteroatoms. The SMILES string of the molecule is CCc1c(C=O)c(-c2ccccc2)c(CC)c2c1CCCC2. The van der Waals surface area contributed by atoms with Crippen LogP contribution >= 0.6 is 0 Å². The van der Waals surface area contributed by atoms with Gasteiger partial charge in [-0.3, -0.25) is 4.79 Å². The van der Waals surface area contributed by atoms with Crippen molar-refractivity contribution in [1.82, 2.24) is 0 Å². The zero-order valence-electron chi connectivity index (χ0n) is 13.6. The van der Waals surface area contributed by atoms with Crippen molar-refractivity contribution in [2.45, 2.75) is 52.4 Å². The Morgan fingerprint density at radius 2 is 1.50 bits per heavy atom. The van der Waals surface area contributed by atoms with Gasteiger partial charge in [0.2, 0.25) is 0 Å². The van der Waals surface area contributed by atoms with Gasteiger partial charge in [0.25, 0.3) is 0 Å². The second kappa shape index (κ2) is 6.48. The van der Waals surface area contributed by atoms with E-state index < -0.39 is 0 Å². The quantitative estimate of drug-likeness (QED) is 0.710. The van der Waals surface area contributed by atoms with Crippen molar-refractivity contribution in [3.05, 3.63) is 58.1 Å². The third-order valence-electron chi connectivity index (χ3n) is 4.98. The predicted octanol–water partition coefficient (Wildman–Crippen LogP) is 5.17. The fourth-order valence-electron chi connectivity index (χ4n) is 4.06. The van der Waals surface area contributed by atoms with Gasteiger partial charge in [-0.1, -0.05) is 44.2 Å². The first-order chi connectivity index (χ1) is 10.8. The number of fused-ring (bicyclic) bond motifs is 1. The summed E-state index contributed by atoms with van der Waals surface area (Å²) in [6, 6.07) is 10.4. The van der Waals surface area contributed by atoms with Crippen molar-refractivity contribution in [3.63, 3.8) is 0 Å². The summed E-state index contributed by atoms with van der Waals surface area (Å²) in [5.74, 6) is 0. The monoisotopic (exact) mass is 292 g/mol. The third kappa shape index (κ3) is 2.39. The number of carbonyl (C=O) groups is 1. The second-order valence-corrected chi connectivity index (χ2v) is 6.10. The topological polar surface area (TPSA) is 17.1 Å². The minimum absolute atomic E-state index is 0.936. The van der Waals surface area contributed by atoms with Crippen LogP contribution in [0.15, 0.2) is 30.3 Å². The lowest BCUT2D eigenvalue weighted by Gasteiger charge is -2.27. The first-order valence-electron chi connectivity index (χ1n) is 8.51. The van der Waals surface area contributed by atoms with Gasteiger partial charge in [0, 0.05) is 5.56 Å². The number of aldehydes is 1. The van der Waals surface area contributed by atoms with E-state index in [1.54, 1.807) is 0 Å². The van der Waals surface area contributed by atoms with Gasteiger partial charge in [-0.25, -0.2) is 0 Å². The minimum atomic E-state index is 0.936. The molecule has 0 aliphatic heterocycles. The van der Waals surface area contributed by atoms with E-state index in [0.29, 0.717) is 0 Å². The van der Waals surface area contributed by atoms with Gasteiger partial charge in [-0.15, -0.1) is 0 Å². The van der Waals surface area contributed by atoms with E-state index in [4.69, 9.17) is 0 Å². The van der Waals surface area contributed by atoms with Crippen LogP contribution < -0.4 is 0 Å². The average Bonchev–Trinajstić information content (AvgIpc) is 2.60. The Bertz CT molecular complexity index is 683. The molecule has 1 nitrogen and oxygen atoms in total. The minimum Gasteiger partial charge on any atom is -0.298 e. The van der Waals surface area contributed by atoms with Gasteiger partial charge >= 0.3 is 0 Å². The molecule has 3 rings (SSSR count). The first-order valence-corrected chi connectivity index (χ1v) is 8.51. The van der Waals surface area contributed by atoms with Crippen LogP contribution in [0, 0.1) is 0 Å². The van der Waals surface area contributed by atoms with Crippen molar-refractivity contribution in [2.75, 3.05) is 0 Å². The molecule has 114 valence electrons. The summed E-state index contributed by atoms with van der Waals surface area (Å²) in [7, 11) is 0. The highest BCUT2D eigenvalue weighted by atomic mass is 16.1. The van der Waals surface area contributed by atoms with Gasteiger partial charge in [-0.2, -0.15) is 0 Å². The molecule has 0 heterocycles. The number of rotatable bonds is 4. The van der Waals surface area contributed by atoms with Crippen LogP contribution in [-0.2, 0) is 25.7 Å². The van der Waals surface area contributed by atoms with Crippen molar-refractivity contribution >= 4 is 6.29 Å². The lowest BCUT2D eigenvalue weighted by atomic mass is 9.77. The van der Waals surface area contributed by atoms with E-state index in [9.17, 15) is 4.79 Å². The van der Waals surface area contributed by atoms with Gasteiger partial charge in [-0.05, 0) is 71.9 Å². The maximum atomic E-state index is 11.9. The molecule has 0 amide bonds. The molecule has 1 aliphatic rings. The van der Waals surface area contributed by atoms with E-state index in [1.165, 1.54) is 52.6 Å². The summed E-state index contributed by atoms with van der Waals surface area (Å²) in [5, 5.41) is 0. The Kier molecular flexibility index (Phi) is 4.42. The Balaban J connectivity index is 2.39. The highest BCUT2D eigenvalue weighted by molar-refractivity contribution is 5.92. The number of hydrogen-bond acceptors (Lipinski definition) is 1. The third-order valence-corrected chi connectivity index (χ3v) is 4.98. The Hall–Kier alpha value is -1.89. The molecule has 0 atom stereocenters. The van der Waals surface area contributed by atoms with E-state index in [2.05, 4.69) is 38.1 Å². The molecule has 0 unspecified atom stereocenters. The molecule has 0 bridgehead atoms. The molecule has 0 saturated heterocycles. The molecule has 22 heavy (non-hydrogen) atoms. The second-order valence-electron chi connectivity index (χ2n) is 6.10. The van der Waals surface area contributed by atoms with Crippen LogP contribution in [0.1, 0.15) is 59.3 Å². The smallest absolute Gasteiger partial charge is 0.150 e. The summed E-state index contributed by atoms with van der Waals surface area (Å²) < 4.78 is 0. The normalized spacial score (nSPS) is 13.7. The van der Waals surface area contributed by atoms with E-state index in [0.717, 1.165) is 31.1 Å². The summed E-state index contributed by atoms with van der Waals surface area (Å²) in [6.07, 6.45) is 7.88. The molecule has 0 saturated carbocycles. The Morgan fingerprint density at radius 3 is 2.05 bits per heavy atom. The van der Waals surface area contributed by atoms with Crippen molar-refractivity contribution < 1.29 is 4.79 Å². The van der Waals surface area contributed by atoms with Crippen molar-refractivity contribution in [3.8, 4) is 11.1 Å². The van der Waals surface area contributed by atoms with Gasteiger partial charge in [0.1, 0.15) is 0 Å². The fraction of sp³-hybridized carbons (Fsp3) is 0.381. The maximum absolute atomic E-state index is 11.9. The number of hydrogen-bond donors (Lipinski definition) is 0. The predicted molar refractivity (Wildman–Crippen MR) is 92.7 cm³/mol. The highest BCUT2D eigenvalue weighted by Crippen LogP contribution is 2.38. The van der Waals surface area contributed by atoms with Crippen LogP contribution in [0.4, 0.5) is 0 Å². The molecule has 0 spiro atoms. The largest absolute Gasteiger partial charge is 0.298 e. The molecular formula is C21H24O. The number of benzene rings is 2. The van der Waals surface area contributed by atoms with E-state index in [1.807, 2.05) is 6.07 Å². The van der Waals surface area contributed by atoms with Crippen LogP contribution in [-0.4, -0.2) is 6.29 Å².